The minimum Gasteiger partial charge on any atom is -0.381 e. The maximum Gasteiger partial charge on any atom is 0.253 e. The van der Waals surface area contributed by atoms with E-state index in [4.69, 9.17) is 4.74 Å². The van der Waals surface area contributed by atoms with Crippen molar-refractivity contribution in [1.29, 1.82) is 0 Å². The number of aromatic nitrogens is 1. The molecule has 29 heavy (non-hydrogen) atoms. The van der Waals surface area contributed by atoms with Crippen molar-refractivity contribution in [3.8, 4) is 0 Å². The number of rotatable bonds is 4. The van der Waals surface area contributed by atoms with E-state index in [9.17, 15) is 9.59 Å². The molecule has 0 saturated carbocycles. The molecule has 7 nitrogen and oxygen atoms in total. The molecule has 0 bridgehead atoms. The summed E-state index contributed by atoms with van der Waals surface area (Å²) in [6.07, 6.45) is 9.15. The van der Waals surface area contributed by atoms with Gasteiger partial charge in [-0.15, -0.1) is 0 Å². The Morgan fingerprint density at radius 1 is 1.07 bits per heavy atom. The van der Waals surface area contributed by atoms with Crippen LogP contribution in [0.25, 0.3) is 0 Å². The monoisotopic (exact) mass is 400 g/mol. The van der Waals surface area contributed by atoms with Crippen molar-refractivity contribution < 1.29 is 14.3 Å². The zero-order valence-corrected chi connectivity index (χ0v) is 17.1. The van der Waals surface area contributed by atoms with E-state index in [2.05, 4.69) is 15.2 Å². The number of pyridine rings is 1. The van der Waals surface area contributed by atoms with Crippen LogP contribution < -0.4 is 5.32 Å². The average Bonchev–Trinajstić information content (AvgIpc) is 3.23. The van der Waals surface area contributed by atoms with E-state index >= 15 is 0 Å². The molecule has 2 amide bonds. The van der Waals surface area contributed by atoms with Crippen LogP contribution in [0.3, 0.4) is 0 Å². The van der Waals surface area contributed by atoms with E-state index in [0.29, 0.717) is 17.5 Å². The Hall–Kier alpha value is -1.99. The molecule has 1 aromatic rings. The molecule has 0 aliphatic carbocycles. The summed E-state index contributed by atoms with van der Waals surface area (Å²) in [5.74, 6) is 0.245. The minimum atomic E-state index is -0.0839. The minimum absolute atomic E-state index is 0.0243. The van der Waals surface area contributed by atoms with Crippen LogP contribution in [-0.4, -0.2) is 78.1 Å². The van der Waals surface area contributed by atoms with Crippen molar-refractivity contribution in [3.05, 3.63) is 30.1 Å². The number of likely N-dealkylation sites (tertiary alicyclic amines) is 2. The summed E-state index contributed by atoms with van der Waals surface area (Å²) in [7, 11) is 0. The highest BCUT2D eigenvalue weighted by Crippen LogP contribution is 2.25. The predicted octanol–water partition coefficient (Wildman–Crippen LogP) is 1.69. The second-order valence-corrected chi connectivity index (χ2v) is 8.52. The Balaban J connectivity index is 1.45. The fourth-order valence-electron chi connectivity index (χ4n) is 4.85. The number of ether oxygens (including phenoxy) is 1. The third kappa shape index (κ3) is 5.14. The predicted molar refractivity (Wildman–Crippen MR) is 109 cm³/mol. The van der Waals surface area contributed by atoms with E-state index < -0.39 is 0 Å². The van der Waals surface area contributed by atoms with Crippen LogP contribution in [0.5, 0.6) is 0 Å². The van der Waals surface area contributed by atoms with Gasteiger partial charge in [0.2, 0.25) is 5.91 Å². The Labute approximate surface area is 172 Å². The lowest BCUT2D eigenvalue weighted by Gasteiger charge is -2.36. The van der Waals surface area contributed by atoms with E-state index in [0.717, 1.165) is 77.9 Å². The van der Waals surface area contributed by atoms with Gasteiger partial charge in [-0.1, -0.05) is 0 Å². The number of hydrogen-bond donors (Lipinski definition) is 1. The van der Waals surface area contributed by atoms with Crippen molar-refractivity contribution in [2.45, 2.75) is 50.6 Å². The number of hydrogen-bond acceptors (Lipinski definition) is 5. The summed E-state index contributed by atoms with van der Waals surface area (Å²) in [6.45, 7) is 4.93. The van der Waals surface area contributed by atoms with Gasteiger partial charge in [-0.3, -0.25) is 19.5 Å². The smallest absolute Gasteiger partial charge is 0.253 e. The Morgan fingerprint density at radius 3 is 2.59 bits per heavy atom. The van der Waals surface area contributed by atoms with Crippen LogP contribution in [0.1, 0.15) is 48.9 Å². The van der Waals surface area contributed by atoms with Crippen LogP contribution >= 0.6 is 0 Å². The van der Waals surface area contributed by atoms with Crippen LogP contribution in [0, 0.1) is 5.92 Å². The van der Waals surface area contributed by atoms with E-state index in [1.54, 1.807) is 24.5 Å². The van der Waals surface area contributed by atoms with Gasteiger partial charge in [0, 0.05) is 63.9 Å². The summed E-state index contributed by atoms with van der Waals surface area (Å²) < 4.78 is 5.55. The summed E-state index contributed by atoms with van der Waals surface area (Å²) in [6, 6.07) is 4.03. The summed E-state index contributed by atoms with van der Waals surface area (Å²) in [4.78, 5) is 34.3. The second-order valence-electron chi connectivity index (χ2n) is 8.52. The molecule has 3 aliphatic rings. The highest BCUT2D eigenvalue weighted by molar-refractivity contribution is 5.94. The zero-order valence-electron chi connectivity index (χ0n) is 17.1. The zero-order chi connectivity index (χ0) is 20.1. The molecule has 4 heterocycles. The Morgan fingerprint density at radius 2 is 1.86 bits per heavy atom. The summed E-state index contributed by atoms with van der Waals surface area (Å²) in [5, 5.41) is 3.20. The number of carbonyl (C=O) groups is 2. The maximum absolute atomic E-state index is 13.1. The third-order valence-electron chi connectivity index (χ3n) is 6.51. The average molecular weight is 401 g/mol. The Bertz CT molecular complexity index is 687. The molecule has 2 atom stereocenters. The van der Waals surface area contributed by atoms with Gasteiger partial charge < -0.3 is 15.0 Å². The maximum atomic E-state index is 13.1. The molecule has 158 valence electrons. The molecular formula is C22H32N4O3. The van der Waals surface area contributed by atoms with Gasteiger partial charge >= 0.3 is 0 Å². The molecule has 4 rings (SSSR count). The van der Waals surface area contributed by atoms with Crippen LogP contribution in [0.4, 0.5) is 0 Å². The van der Waals surface area contributed by atoms with Gasteiger partial charge in [-0.2, -0.15) is 0 Å². The normalized spacial score (nSPS) is 26.8. The van der Waals surface area contributed by atoms with E-state index in [1.807, 2.05) is 4.90 Å². The highest BCUT2D eigenvalue weighted by Gasteiger charge is 2.35. The SMILES string of the molecule is O=C(N[C@H]1CC[C@@H](C(=O)N2CCCC2)CN(C2CCOCC2)C1)c1cccnc1. The first-order chi connectivity index (χ1) is 14.2. The van der Waals surface area contributed by atoms with E-state index in [-0.39, 0.29) is 17.9 Å². The molecule has 0 spiro atoms. The van der Waals surface area contributed by atoms with Gasteiger partial charge in [-0.25, -0.2) is 0 Å². The number of amides is 2. The Kier molecular flexibility index (Phi) is 6.77. The molecule has 3 aliphatic heterocycles. The first-order valence-corrected chi connectivity index (χ1v) is 11.0. The molecule has 0 radical (unpaired) electrons. The standard InChI is InChI=1S/C22H32N4O3/c27-21(17-4-3-9-23-14-17)24-19-6-5-18(22(28)25-10-1-2-11-25)15-26(16-19)20-7-12-29-13-8-20/h3-4,9,14,18-20H,1-2,5-8,10-13,15-16H2,(H,24,27)/t18-,19+/m1/s1. The second kappa shape index (κ2) is 9.67. The lowest BCUT2D eigenvalue weighted by Crippen LogP contribution is -2.49. The van der Waals surface area contributed by atoms with Crippen LogP contribution in [0.15, 0.2) is 24.5 Å². The van der Waals surface area contributed by atoms with Gasteiger partial charge in [0.1, 0.15) is 0 Å². The summed E-state index contributed by atoms with van der Waals surface area (Å²) >= 11 is 0. The van der Waals surface area contributed by atoms with Crippen LogP contribution in [-0.2, 0) is 9.53 Å². The van der Waals surface area contributed by atoms with Crippen molar-refractivity contribution in [1.82, 2.24) is 20.1 Å². The van der Waals surface area contributed by atoms with Gasteiger partial charge in [0.25, 0.3) is 5.91 Å². The fraction of sp³-hybridized carbons (Fsp3) is 0.682. The molecule has 0 aromatic carbocycles. The molecule has 3 saturated heterocycles. The topological polar surface area (TPSA) is 74.8 Å². The highest BCUT2D eigenvalue weighted by atomic mass is 16.5. The van der Waals surface area contributed by atoms with Crippen molar-refractivity contribution in [2.75, 3.05) is 39.4 Å². The van der Waals surface area contributed by atoms with Crippen LogP contribution in [0.2, 0.25) is 0 Å². The van der Waals surface area contributed by atoms with Gasteiger partial charge in [0.05, 0.1) is 11.5 Å². The molecular weight excluding hydrogens is 368 g/mol. The van der Waals surface area contributed by atoms with Gasteiger partial charge in [-0.05, 0) is 50.7 Å². The molecule has 1 N–H and O–H groups in total. The summed E-state index contributed by atoms with van der Waals surface area (Å²) in [5.41, 5.74) is 0.582. The number of carbonyl (C=O) groups excluding carboxylic acids is 2. The van der Waals surface area contributed by atoms with Gasteiger partial charge in [0.15, 0.2) is 0 Å². The third-order valence-corrected chi connectivity index (χ3v) is 6.51. The molecule has 0 unspecified atom stereocenters. The lowest BCUT2D eigenvalue weighted by molar-refractivity contribution is -0.135. The first kappa shape index (κ1) is 20.3. The number of nitrogens with zero attached hydrogens (tertiary/aromatic N) is 3. The lowest BCUT2D eigenvalue weighted by atomic mass is 9.99. The molecule has 3 fully saturated rings. The molecule has 1 aromatic heterocycles. The van der Waals surface area contributed by atoms with Crippen molar-refractivity contribution in [2.24, 2.45) is 5.92 Å². The number of nitrogens with one attached hydrogen (secondary N) is 1. The van der Waals surface area contributed by atoms with Crippen molar-refractivity contribution in [3.63, 3.8) is 0 Å². The van der Waals surface area contributed by atoms with E-state index in [1.165, 1.54) is 0 Å². The molecule has 7 heteroatoms. The van der Waals surface area contributed by atoms with Crippen molar-refractivity contribution >= 4 is 11.8 Å². The first-order valence-electron chi connectivity index (χ1n) is 11.0. The quantitative estimate of drug-likeness (QED) is 0.833. The largest absolute Gasteiger partial charge is 0.381 e. The fourth-order valence-corrected chi connectivity index (χ4v) is 4.85.